The van der Waals surface area contributed by atoms with E-state index in [1.165, 1.54) is 19.2 Å². The largest absolute Gasteiger partial charge is 0.504 e. The van der Waals surface area contributed by atoms with Crippen LogP contribution in [-0.4, -0.2) is 60.9 Å². The molecule has 1 aromatic rings. The van der Waals surface area contributed by atoms with Crippen LogP contribution in [0.3, 0.4) is 0 Å². The molecule has 0 unspecified atom stereocenters. The van der Waals surface area contributed by atoms with Gasteiger partial charge in [0.2, 0.25) is 0 Å². The topological polar surface area (TPSA) is 65.0 Å². The Morgan fingerprint density at radius 2 is 2.00 bits per heavy atom. The first kappa shape index (κ1) is 18.9. The van der Waals surface area contributed by atoms with Crippen molar-refractivity contribution in [1.29, 1.82) is 0 Å². The van der Waals surface area contributed by atoms with Gasteiger partial charge in [-0.1, -0.05) is 12.1 Å². The van der Waals surface area contributed by atoms with Gasteiger partial charge in [-0.15, -0.1) is 12.4 Å². The Morgan fingerprint density at radius 1 is 1.36 bits per heavy atom. The van der Waals surface area contributed by atoms with Crippen LogP contribution in [0.15, 0.2) is 18.2 Å². The van der Waals surface area contributed by atoms with Crippen LogP contribution in [0.25, 0.3) is 0 Å². The van der Waals surface area contributed by atoms with E-state index in [0.717, 1.165) is 0 Å². The lowest BCUT2D eigenvalue weighted by Crippen LogP contribution is -2.51. The molecule has 1 heterocycles. The van der Waals surface area contributed by atoms with Crippen LogP contribution in [0.1, 0.15) is 11.6 Å². The number of rotatable bonds is 5. The summed E-state index contributed by atoms with van der Waals surface area (Å²) in [4.78, 5) is 1.57. The third-order valence-electron chi connectivity index (χ3n) is 3.67. The molecule has 1 atom stereocenters. The summed E-state index contributed by atoms with van der Waals surface area (Å²) in [5, 5.41) is 22.3. The highest BCUT2D eigenvalue weighted by molar-refractivity contribution is 5.85. The van der Waals surface area contributed by atoms with Gasteiger partial charge >= 0.3 is 0 Å². The van der Waals surface area contributed by atoms with Gasteiger partial charge in [-0.2, -0.15) is 0 Å². The maximum Gasteiger partial charge on any atom is 0.290 e. The molecule has 8 heteroatoms. The molecule has 1 saturated heterocycles. The van der Waals surface area contributed by atoms with Crippen LogP contribution < -0.4 is 10.1 Å². The molecule has 126 valence electrons. The summed E-state index contributed by atoms with van der Waals surface area (Å²) < 4.78 is 33.5. The molecular weight excluding hydrogens is 318 g/mol. The van der Waals surface area contributed by atoms with Crippen LogP contribution >= 0.6 is 12.4 Å². The first-order valence-electron chi connectivity index (χ1n) is 6.80. The Kier molecular flexibility index (Phi) is 6.80. The number of benzene rings is 1. The number of nitrogens with one attached hydrogen (secondary N) is 1. The Hall–Kier alpha value is -1.15. The number of piperazine rings is 1. The molecule has 5 nitrogen and oxygen atoms in total. The third kappa shape index (κ3) is 3.78. The van der Waals surface area contributed by atoms with Gasteiger partial charge in [-0.25, -0.2) is 8.78 Å². The number of halogens is 3. The first-order chi connectivity index (χ1) is 10.0. The molecule has 22 heavy (non-hydrogen) atoms. The van der Waals surface area contributed by atoms with Crippen molar-refractivity contribution in [1.82, 2.24) is 10.2 Å². The zero-order valence-electron chi connectivity index (χ0n) is 12.3. The minimum atomic E-state index is -3.36. The number of aromatic hydroxyl groups is 1. The molecule has 1 aliphatic rings. The molecule has 2 rings (SSSR count). The standard InChI is InChI=1S/C14H20F2N2O3.ClH/c1-21-11-4-2-3-10(12(11)20)13(14(15,16)9-19)18-7-5-17-6-8-18;/h2-4,13,17,19-20H,5-9H2,1H3;1H/t13-;/m0./s1. The second-order valence-corrected chi connectivity index (χ2v) is 5.01. The Bertz CT molecular complexity index is 485. The lowest BCUT2D eigenvalue weighted by molar-refractivity contribution is -0.119. The number of nitrogens with zero attached hydrogens (tertiary/aromatic N) is 1. The van der Waals surface area contributed by atoms with Gasteiger partial charge in [-0.3, -0.25) is 4.90 Å². The number of alkyl halides is 2. The molecule has 1 fully saturated rings. The predicted molar refractivity (Wildman–Crippen MR) is 81.1 cm³/mol. The van der Waals surface area contributed by atoms with Crippen molar-refractivity contribution < 1.29 is 23.7 Å². The molecule has 1 aliphatic heterocycles. The minimum Gasteiger partial charge on any atom is -0.504 e. The lowest BCUT2D eigenvalue weighted by Gasteiger charge is -2.39. The highest BCUT2D eigenvalue weighted by Crippen LogP contribution is 2.43. The fourth-order valence-corrected chi connectivity index (χ4v) is 2.64. The number of aliphatic hydroxyl groups excluding tert-OH is 1. The van der Waals surface area contributed by atoms with Crippen LogP contribution in [0.5, 0.6) is 11.5 Å². The number of hydrogen-bond donors (Lipinski definition) is 3. The normalized spacial score (nSPS) is 17.6. The third-order valence-corrected chi connectivity index (χ3v) is 3.67. The Balaban J connectivity index is 0.00000242. The number of ether oxygens (including phenoxy) is 1. The van der Waals surface area contributed by atoms with E-state index in [1.54, 1.807) is 11.0 Å². The summed E-state index contributed by atoms with van der Waals surface area (Å²) in [5.74, 6) is -3.53. The Morgan fingerprint density at radius 3 is 2.55 bits per heavy atom. The van der Waals surface area contributed by atoms with Crippen molar-refractivity contribution in [2.24, 2.45) is 0 Å². The number of aliphatic hydroxyl groups is 1. The summed E-state index contributed by atoms with van der Waals surface area (Å²) in [6, 6.07) is 3.11. The van der Waals surface area contributed by atoms with Crippen LogP contribution in [0.2, 0.25) is 0 Å². The van der Waals surface area contributed by atoms with Crippen LogP contribution in [0, 0.1) is 0 Å². The van der Waals surface area contributed by atoms with Gasteiger partial charge in [0.05, 0.1) is 7.11 Å². The van der Waals surface area contributed by atoms with Crippen molar-refractivity contribution in [2.45, 2.75) is 12.0 Å². The molecule has 1 aromatic carbocycles. The van der Waals surface area contributed by atoms with Gasteiger partial charge in [0.15, 0.2) is 11.5 Å². The molecule has 0 aromatic heterocycles. The van der Waals surface area contributed by atoms with Crippen molar-refractivity contribution >= 4 is 12.4 Å². The lowest BCUT2D eigenvalue weighted by atomic mass is 9.97. The molecule has 3 N–H and O–H groups in total. The van der Waals surface area contributed by atoms with E-state index in [1.807, 2.05) is 0 Å². The summed E-state index contributed by atoms with van der Waals surface area (Å²) in [5.41, 5.74) is 0.0651. The highest BCUT2D eigenvalue weighted by atomic mass is 35.5. The van der Waals surface area contributed by atoms with E-state index in [4.69, 9.17) is 9.84 Å². The Labute approximate surface area is 134 Å². The van der Waals surface area contributed by atoms with Crippen LogP contribution in [0.4, 0.5) is 8.78 Å². The van der Waals surface area contributed by atoms with Gasteiger partial charge in [0.1, 0.15) is 12.6 Å². The fraction of sp³-hybridized carbons (Fsp3) is 0.571. The summed E-state index contributed by atoms with van der Waals surface area (Å²) >= 11 is 0. The fourth-order valence-electron chi connectivity index (χ4n) is 2.64. The second-order valence-electron chi connectivity index (χ2n) is 5.01. The summed E-state index contributed by atoms with van der Waals surface area (Å²) in [7, 11) is 1.36. The van der Waals surface area contributed by atoms with Gasteiger partial charge in [0, 0.05) is 31.7 Å². The van der Waals surface area contributed by atoms with Crippen molar-refractivity contribution in [3.05, 3.63) is 23.8 Å². The van der Waals surface area contributed by atoms with E-state index in [0.29, 0.717) is 26.2 Å². The summed E-state index contributed by atoms with van der Waals surface area (Å²) in [6.45, 7) is 0.720. The van der Waals surface area contributed by atoms with E-state index in [2.05, 4.69) is 5.32 Å². The number of hydrogen-bond acceptors (Lipinski definition) is 5. The highest BCUT2D eigenvalue weighted by Gasteiger charge is 2.45. The monoisotopic (exact) mass is 338 g/mol. The van der Waals surface area contributed by atoms with Crippen LogP contribution in [-0.2, 0) is 0 Å². The molecule has 0 radical (unpaired) electrons. The van der Waals surface area contributed by atoms with Gasteiger partial charge in [0.25, 0.3) is 5.92 Å². The minimum absolute atomic E-state index is 0. The van der Waals surface area contributed by atoms with E-state index >= 15 is 0 Å². The number of para-hydroxylation sites is 1. The quantitative estimate of drug-likeness (QED) is 0.757. The molecule has 0 spiro atoms. The van der Waals surface area contributed by atoms with E-state index in [9.17, 15) is 13.9 Å². The average Bonchev–Trinajstić information content (AvgIpc) is 2.50. The second kappa shape index (κ2) is 7.92. The number of phenols is 1. The SMILES string of the molecule is COc1cccc([C@H](N2CCNCC2)C(F)(F)CO)c1O.Cl. The first-order valence-corrected chi connectivity index (χ1v) is 6.80. The zero-order chi connectivity index (χ0) is 15.5. The van der Waals surface area contributed by atoms with E-state index < -0.39 is 18.6 Å². The van der Waals surface area contributed by atoms with Crippen molar-refractivity contribution in [3.8, 4) is 11.5 Å². The maximum absolute atomic E-state index is 14.2. The van der Waals surface area contributed by atoms with Gasteiger partial charge in [-0.05, 0) is 6.07 Å². The van der Waals surface area contributed by atoms with E-state index in [-0.39, 0.29) is 29.5 Å². The molecule has 0 bridgehead atoms. The molecule has 0 saturated carbocycles. The van der Waals surface area contributed by atoms with Gasteiger partial charge < -0.3 is 20.3 Å². The maximum atomic E-state index is 14.2. The number of phenolic OH excluding ortho intramolecular Hbond substituents is 1. The molecular formula is C14H21ClF2N2O3. The number of methoxy groups -OCH3 is 1. The average molecular weight is 339 g/mol. The van der Waals surface area contributed by atoms with Crippen molar-refractivity contribution in [3.63, 3.8) is 0 Å². The smallest absolute Gasteiger partial charge is 0.290 e. The molecule has 0 amide bonds. The summed E-state index contributed by atoms with van der Waals surface area (Å²) in [6.07, 6.45) is 0. The zero-order valence-corrected chi connectivity index (χ0v) is 13.1. The molecule has 0 aliphatic carbocycles. The van der Waals surface area contributed by atoms with Crippen molar-refractivity contribution in [2.75, 3.05) is 39.9 Å². The predicted octanol–water partition coefficient (Wildman–Crippen LogP) is 1.40.